The van der Waals surface area contributed by atoms with Crippen LogP contribution in [0.3, 0.4) is 0 Å². The van der Waals surface area contributed by atoms with Crippen LogP contribution in [0.5, 0.6) is 0 Å². The van der Waals surface area contributed by atoms with Crippen LogP contribution in [0, 0.1) is 19.3 Å². The molecule has 2 fully saturated rings. The van der Waals surface area contributed by atoms with Gasteiger partial charge in [-0.05, 0) is 68.2 Å². The summed E-state index contributed by atoms with van der Waals surface area (Å²) in [5, 5.41) is 3.43. The molecule has 1 aliphatic heterocycles. The molecule has 0 radical (unpaired) electrons. The summed E-state index contributed by atoms with van der Waals surface area (Å²) in [6.45, 7) is 8.04. The summed E-state index contributed by atoms with van der Waals surface area (Å²) < 4.78 is 25.8. The van der Waals surface area contributed by atoms with Crippen molar-refractivity contribution in [2.24, 2.45) is 10.4 Å². The van der Waals surface area contributed by atoms with Crippen molar-refractivity contribution in [2.45, 2.75) is 63.8 Å². The van der Waals surface area contributed by atoms with Crippen LogP contribution in [-0.4, -0.2) is 51.2 Å². The number of likely N-dealkylation sites (tertiary alicyclic amines) is 1. The minimum Gasteiger partial charge on any atom is -0.352 e. The molecule has 1 saturated carbocycles. The number of halogens is 1. The molecule has 1 saturated heterocycles. The SMILES string of the molecule is CCC(CS(=O)(=O)c1ccc(C)c(C)c1)NC(=NC)N1CCC2(CCC2)C1.I. The molecule has 1 unspecified atom stereocenters. The molecule has 1 aromatic rings. The predicted molar refractivity (Wildman–Crippen MR) is 126 cm³/mol. The predicted octanol–water partition coefficient (Wildman–Crippen LogP) is 3.93. The zero-order valence-corrected chi connectivity index (χ0v) is 20.6. The smallest absolute Gasteiger partial charge is 0.193 e. The molecule has 7 heteroatoms. The first-order chi connectivity index (χ1) is 12.8. The van der Waals surface area contributed by atoms with Gasteiger partial charge in [0.15, 0.2) is 15.8 Å². The summed E-state index contributed by atoms with van der Waals surface area (Å²) >= 11 is 0. The van der Waals surface area contributed by atoms with Gasteiger partial charge in [0.05, 0.1) is 10.6 Å². The zero-order chi connectivity index (χ0) is 19.7. The van der Waals surface area contributed by atoms with Gasteiger partial charge < -0.3 is 10.2 Å². The van der Waals surface area contributed by atoms with E-state index >= 15 is 0 Å². The van der Waals surface area contributed by atoms with E-state index in [1.54, 1.807) is 19.2 Å². The van der Waals surface area contributed by atoms with Gasteiger partial charge in [-0.15, -0.1) is 24.0 Å². The summed E-state index contributed by atoms with van der Waals surface area (Å²) in [7, 11) is -1.55. The summed E-state index contributed by atoms with van der Waals surface area (Å²) in [6, 6.07) is 5.25. The summed E-state index contributed by atoms with van der Waals surface area (Å²) in [5.74, 6) is 0.935. The van der Waals surface area contributed by atoms with E-state index in [1.807, 2.05) is 26.8 Å². The van der Waals surface area contributed by atoms with E-state index in [2.05, 4.69) is 15.2 Å². The zero-order valence-electron chi connectivity index (χ0n) is 17.5. The molecule has 1 atom stereocenters. The second kappa shape index (κ2) is 9.32. The Hall–Kier alpha value is -0.830. The number of nitrogens with one attached hydrogen (secondary N) is 1. The van der Waals surface area contributed by atoms with Crippen molar-refractivity contribution in [3.63, 3.8) is 0 Å². The van der Waals surface area contributed by atoms with Gasteiger partial charge in [0, 0.05) is 26.2 Å². The second-order valence-corrected chi connectivity index (χ2v) is 10.4. The largest absolute Gasteiger partial charge is 0.352 e. The molecule has 0 amide bonds. The summed E-state index contributed by atoms with van der Waals surface area (Å²) in [5.41, 5.74) is 2.61. The van der Waals surface area contributed by atoms with Crippen LogP contribution in [0.15, 0.2) is 28.1 Å². The number of rotatable bonds is 5. The Balaban J connectivity index is 0.00000280. The van der Waals surface area contributed by atoms with Gasteiger partial charge in [0.25, 0.3) is 0 Å². The minimum atomic E-state index is -3.34. The number of hydrogen-bond donors (Lipinski definition) is 1. The van der Waals surface area contributed by atoms with Crippen molar-refractivity contribution in [3.05, 3.63) is 29.3 Å². The van der Waals surface area contributed by atoms with Crippen molar-refractivity contribution in [1.29, 1.82) is 0 Å². The lowest BCUT2D eigenvalue weighted by Crippen LogP contribution is -2.48. The van der Waals surface area contributed by atoms with Gasteiger partial charge >= 0.3 is 0 Å². The van der Waals surface area contributed by atoms with Crippen LogP contribution in [0.25, 0.3) is 0 Å². The van der Waals surface area contributed by atoms with E-state index in [0.29, 0.717) is 10.3 Å². The van der Waals surface area contributed by atoms with E-state index in [0.717, 1.165) is 36.6 Å². The molecule has 1 aromatic carbocycles. The highest BCUT2D eigenvalue weighted by Crippen LogP contribution is 2.47. The molecule has 5 nitrogen and oxygen atoms in total. The highest BCUT2D eigenvalue weighted by atomic mass is 127. The van der Waals surface area contributed by atoms with Crippen molar-refractivity contribution in [3.8, 4) is 0 Å². The van der Waals surface area contributed by atoms with E-state index < -0.39 is 9.84 Å². The van der Waals surface area contributed by atoms with Gasteiger partial charge in [-0.25, -0.2) is 8.42 Å². The number of sulfone groups is 1. The third-order valence-corrected chi connectivity index (χ3v) is 8.26. The first-order valence-electron chi connectivity index (χ1n) is 10.1. The standard InChI is InChI=1S/C21H33N3O2S.HI/c1-5-18(14-27(25,26)19-8-7-16(2)17(3)13-19)23-20(22-4)24-12-11-21(15-24)9-6-10-21;/h7-8,13,18H,5-6,9-12,14-15H2,1-4H3,(H,22,23);1H. The molecule has 0 bridgehead atoms. The molecule has 0 aromatic heterocycles. The average Bonchev–Trinajstić information content (AvgIpc) is 3.06. The Bertz CT molecular complexity index is 819. The lowest BCUT2D eigenvalue weighted by atomic mass is 9.68. The quantitative estimate of drug-likeness (QED) is 0.364. The van der Waals surface area contributed by atoms with Crippen LogP contribution in [0.1, 0.15) is 50.2 Å². The van der Waals surface area contributed by atoms with Crippen molar-refractivity contribution in [1.82, 2.24) is 10.2 Å². The number of aliphatic imine (C=N–C) groups is 1. The lowest BCUT2D eigenvalue weighted by Gasteiger charge is -2.38. The van der Waals surface area contributed by atoms with Crippen molar-refractivity contribution >= 4 is 39.8 Å². The van der Waals surface area contributed by atoms with Crippen molar-refractivity contribution in [2.75, 3.05) is 25.9 Å². The number of nitrogens with zero attached hydrogens (tertiary/aromatic N) is 2. The summed E-state index contributed by atoms with van der Waals surface area (Å²) in [4.78, 5) is 7.17. The Morgan fingerprint density at radius 2 is 1.96 bits per heavy atom. The maximum Gasteiger partial charge on any atom is 0.193 e. The number of aryl methyl sites for hydroxylation is 2. The van der Waals surface area contributed by atoms with E-state index in [9.17, 15) is 8.42 Å². The second-order valence-electron chi connectivity index (χ2n) is 8.35. The van der Waals surface area contributed by atoms with Crippen LogP contribution in [0.2, 0.25) is 0 Å². The maximum absolute atomic E-state index is 12.9. The molecule has 28 heavy (non-hydrogen) atoms. The molecule has 3 rings (SSSR count). The van der Waals surface area contributed by atoms with Crippen LogP contribution in [0.4, 0.5) is 0 Å². The normalized spacial score (nSPS) is 19.9. The first kappa shape index (κ1) is 23.4. The fraction of sp³-hybridized carbons (Fsp3) is 0.667. The van der Waals surface area contributed by atoms with Gasteiger partial charge in [-0.1, -0.05) is 19.4 Å². The molecular weight excluding hydrogens is 485 g/mol. The maximum atomic E-state index is 12.9. The first-order valence-corrected chi connectivity index (χ1v) is 11.7. The van der Waals surface area contributed by atoms with Crippen LogP contribution in [-0.2, 0) is 9.84 Å². The number of benzene rings is 1. The lowest BCUT2D eigenvalue weighted by molar-refractivity contribution is 0.151. The Morgan fingerprint density at radius 1 is 1.25 bits per heavy atom. The number of guanidine groups is 1. The highest BCUT2D eigenvalue weighted by Gasteiger charge is 2.43. The van der Waals surface area contributed by atoms with Gasteiger partial charge in [0.2, 0.25) is 0 Å². The van der Waals surface area contributed by atoms with E-state index in [1.165, 1.54) is 25.7 Å². The molecule has 1 N–H and O–H groups in total. The van der Waals surface area contributed by atoms with Gasteiger partial charge in [-0.3, -0.25) is 4.99 Å². The third kappa shape index (κ3) is 5.01. The van der Waals surface area contributed by atoms with E-state index in [-0.39, 0.29) is 35.8 Å². The van der Waals surface area contributed by atoms with Gasteiger partial charge in [-0.2, -0.15) is 0 Å². The monoisotopic (exact) mass is 519 g/mol. The Morgan fingerprint density at radius 3 is 2.46 bits per heavy atom. The molecule has 1 aliphatic carbocycles. The van der Waals surface area contributed by atoms with Crippen LogP contribution < -0.4 is 5.32 Å². The Kier molecular flexibility index (Phi) is 7.81. The topological polar surface area (TPSA) is 61.8 Å². The van der Waals surface area contributed by atoms with Crippen LogP contribution >= 0.6 is 24.0 Å². The fourth-order valence-corrected chi connectivity index (χ4v) is 5.88. The average molecular weight is 519 g/mol. The molecule has 158 valence electrons. The molecular formula is C21H34IN3O2S. The van der Waals surface area contributed by atoms with Crippen molar-refractivity contribution < 1.29 is 8.42 Å². The Labute approximate surface area is 187 Å². The fourth-order valence-electron chi connectivity index (χ4n) is 4.21. The molecule has 1 heterocycles. The summed E-state index contributed by atoms with van der Waals surface area (Å²) in [6.07, 6.45) is 5.94. The molecule has 1 spiro atoms. The highest BCUT2D eigenvalue weighted by molar-refractivity contribution is 14.0. The third-order valence-electron chi connectivity index (χ3n) is 6.45. The minimum absolute atomic E-state index is 0. The molecule has 2 aliphatic rings. The van der Waals surface area contributed by atoms with E-state index in [4.69, 9.17) is 0 Å². The number of hydrogen-bond acceptors (Lipinski definition) is 3. The van der Waals surface area contributed by atoms with Gasteiger partial charge in [0.1, 0.15) is 0 Å².